The van der Waals surface area contributed by atoms with Crippen molar-refractivity contribution in [3.63, 3.8) is 0 Å². The first-order valence-electron chi connectivity index (χ1n) is 9.43. The lowest BCUT2D eigenvalue weighted by atomic mass is 9.77. The van der Waals surface area contributed by atoms with E-state index in [1.807, 2.05) is 6.07 Å². The quantitative estimate of drug-likeness (QED) is 0.829. The number of ether oxygens (including phenoxy) is 1. The second-order valence-electron chi connectivity index (χ2n) is 7.76. The topological polar surface area (TPSA) is 67.6 Å². The molecule has 0 unspecified atom stereocenters. The van der Waals surface area contributed by atoms with E-state index in [9.17, 15) is 4.79 Å². The molecule has 1 aromatic carbocycles. The molecule has 5 nitrogen and oxygen atoms in total. The second-order valence-corrected chi connectivity index (χ2v) is 7.76. The van der Waals surface area contributed by atoms with Crippen molar-refractivity contribution in [2.24, 2.45) is 11.7 Å². The minimum atomic E-state index is -0.589. The maximum absolute atomic E-state index is 12.2. The molecule has 3 rings (SSSR count). The van der Waals surface area contributed by atoms with Crippen molar-refractivity contribution in [1.29, 1.82) is 0 Å². The van der Waals surface area contributed by atoms with E-state index in [1.165, 1.54) is 24.0 Å². The molecule has 0 bridgehead atoms. The average molecular weight is 345 g/mol. The molecule has 1 aliphatic heterocycles. The van der Waals surface area contributed by atoms with Crippen LogP contribution in [0.2, 0.25) is 0 Å². The number of likely N-dealkylation sites (tertiary alicyclic amines) is 1. The fraction of sp³-hybridized carbons (Fsp3) is 0.650. The van der Waals surface area contributed by atoms with Gasteiger partial charge in [-0.25, -0.2) is 0 Å². The zero-order valence-corrected chi connectivity index (χ0v) is 15.5. The van der Waals surface area contributed by atoms with Crippen LogP contribution in [0, 0.1) is 12.8 Å². The number of carbonyl (C=O) groups is 1. The molecule has 5 heteroatoms. The number of methoxy groups -OCH3 is 1. The third-order valence-corrected chi connectivity index (χ3v) is 5.80. The van der Waals surface area contributed by atoms with Gasteiger partial charge in [-0.2, -0.15) is 0 Å². The van der Waals surface area contributed by atoms with Crippen LogP contribution in [0.3, 0.4) is 0 Å². The molecule has 1 saturated carbocycles. The molecule has 1 heterocycles. The van der Waals surface area contributed by atoms with Gasteiger partial charge in [-0.15, -0.1) is 0 Å². The van der Waals surface area contributed by atoms with E-state index in [2.05, 4.69) is 29.3 Å². The number of carbonyl (C=O) groups excluding carboxylic acids is 1. The highest BCUT2D eigenvalue weighted by Crippen LogP contribution is 2.29. The molecule has 3 N–H and O–H groups in total. The lowest BCUT2D eigenvalue weighted by Crippen LogP contribution is -2.59. The maximum Gasteiger partial charge on any atom is 0.240 e. The minimum absolute atomic E-state index is 0.0434. The molecule has 0 spiro atoms. The van der Waals surface area contributed by atoms with Crippen LogP contribution >= 0.6 is 0 Å². The summed E-state index contributed by atoms with van der Waals surface area (Å²) in [5.74, 6) is 1.47. The highest BCUT2D eigenvalue weighted by molar-refractivity contribution is 5.86. The van der Waals surface area contributed by atoms with Gasteiger partial charge in [0.1, 0.15) is 5.75 Å². The highest BCUT2D eigenvalue weighted by atomic mass is 16.5. The Balaban J connectivity index is 1.50. The third kappa shape index (κ3) is 4.33. The monoisotopic (exact) mass is 345 g/mol. The fourth-order valence-corrected chi connectivity index (χ4v) is 3.87. The van der Waals surface area contributed by atoms with Crippen molar-refractivity contribution in [2.75, 3.05) is 26.7 Å². The molecular weight excluding hydrogens is 314 g/mol. The molecule has 1 aromatic rings. The Morgan fingerprint density at radius 3 is 2.84 bits per heavy atom. The highest BCUT2D eigenvalue weighted by Gasteiger charge is 2.40. The number of nitrogens with zero attached hydrogens (tertiary/aromatic N) is 1. The van der Waals surface area contributed by atoms with Gasteiger partial charge in [0, 0.05) is 19.6 Å². The predicted octanol–water partition coefficient (Wildman–Crippen LogP) is 2.21. The Bertz CT molecular complexity index is 613. The summed E-state index contributed by atoms with van der Waals surface area (Å²) < 4.78 is 5.29. The van der Waals surface area contributed by atoms with E-state index >= 15 is 0 Å². The van der Waals surface area contributed by atoms with Crippen LogP contribution in [-0.2, 0) is 11.3 Å². The average Bonchev–Trinajstić information content (AvgIpc) is 2.59. The fourth-order valence-electron chi connectivity index (χ4n) is 3.87. The summed E-state index contributed by atoms with van der Waals surface area (Å²) in [5.41, 5.74) is 8.13. The van der Waals surface area contributed by atoms with Gasteiger partial charge in [0.2, 0.25) is 5.91 Å². The Kier molecular flexibility index (Phi) is 5.64. The van der Waals surface area contributed by atoms with Crippen LogP contribution in [0.1, 0.15) is 43.2 Å². The summed E-state index contributed by atoms with van der Waals surface area (Å²) in [6.07, 6.45) is 5.08. The van der Waals surface area contributed by atoms with Crippen molar-refractivity contribution in [2.45, 2.75) is 51.1 Å². The van der Waals surface area contributed by atoms with Gasteiger partial charge in [0.15, 0.2) is 0 Å². The van der Waals surface area contributed by atoms with E-state index in [0.717, 1.165) is 51.2 Å². The predicted molar refractivity (Wildman–Crippen MR) is 99.5 cm³/mol. The molecule has 25 heavy (non-hydrogen) atoms. The molecule has 0 aromatic heterocycles. The third-order valence-electron chi connectivity index (χ3n) is 5.80. The largest absolute Gasteiger partial charge is 0.497 e. The zero-order valence-electron chi connectivity index (χ0n) is 15.5. The number of piperidine rings is 1. The van der Waals surface area contributed by atoms with E-state index in [0.29, 0.717) is 5.92 Å². The van der Waals surface area contributed by atoms with Crippen molar-refractivity contribution in [3.05, 3.63) is 29.3 Å². The van der Waals surface area contributed by atoms with Crippen molar-refractivity contribution in [1.82, 2.24) is 10.2 Å². The summed E-state index contributed by atoms with van der Waals surface area (Å²) in [6, 6.07) is 6.29. The molecule has 1 aliphatic carbocycles. The molecule has 0 radical (unpaired) electrons. The van der Waals surface area contributed by atoms with Gasteiger partial charge in [-0.05, 0) is 74.8 Å². The van der Waals surface area contributed by atoms with Gasteiger partial charge in [-0.3, -0.25) is 9.69 Å². The Hall–Kier alpha value is -1.59. The van der Waals surface area contributed by atoms with Crippen LogP contribution in [0.15, 0.2) is 18.2 Å². The number of nitrogens with one attached hydrogen (secondary N) is 1. The number of amides is 1. The standard InChI is InChI=1S/C20H31N3O2/c1-15-11-18(25-2)7-6-17(15)14-23-10-3-5-16(13-23)12-22-19(24)20(21)8-4-9-20/h6-7,11,16H,3-5,8-10,12-14,21H2,1-2H3,(H,22,24)/t16-/m1/s1. The summed E-state index contributed by atoms with van der Waals surface area (Å²) in [7, 11) is 1.70. The number of hydrogen-bond acceptors (Lipinski definition) is 4. The molecule has 1 atom stereocenters. The lowest BCUT2D eigenvalue weighted by molar-refractivity contribution is -0.129. The maximum atomic E-state index is 12.2. The van der Waals surface area contributed by atoms with Crippen molar-refractivity contribution in [3.8, 4) is 5.75 Å². The first-order valence-corrected chi connectivity index (χ1v) is 9.43. The summed E-state index contributed by atoms with van der Waals surface area (Å²) >= 11 is 0. The molecule has 138 valence electrons. The van der Waals surface area contributed by atoms with Gasteiger partial charge in [0.05, 0.1) is 12.6 Å². The Morgan fingerprint density at radius 2 is 2.20 bits per heavy atom. The van der Waals surface area contributed by atoms with E-state index < -0.39 is 5.54 Å². The number of benzene rings is 1. The van der Waals surface area contributed by atoms with Gasteiger partial charge in [-0.1, -0.05) is 6.07 Å². The first kappa shape index (κ1) is 18.2. The molecule has 2 aliphatic rings. The number of rotatable bonds is 6. The first-order chi connectivity index (χ1) is 12.0. The van der Waals surface area contributed by atoms with Crippen LogP contribution in [-0.4, -0.2) is 43.1 Å². The van der Waals surface area contributed by atoms with E-state index in [4.69, 9.17) is 10.5 Å². The summed E-state index contributed by atoms with van der Waals surface area (Å²) in [6.45, 7) is 6.00. The molecular formula is C20H31N3O2. The van der Waals surface area contributed by atoms with Crippen LogP contribution < -0.4 is 15.8 Å². The normalized spacial score (nSPS) is 22.9. The SMILES string of the molecule is COc1ccc(CN2CCC[C@H](CNC(=O)C3(N)CCC3)C2)c(C)c1. The van der Waals surface area contributed by atoms with Crippen LogP contribution in [0.4, 0.5) is 0 Å². The Morgan fingerprint density at radius 1 is 1.40 bits per heavy atom. The smallest absolute Gasteiger partial charge is 0.240 e. The van der Waals surface area contributed by atoms with Gasteiger partial charge >= 0.3 is 0 Å². The van der Waals surface area contributed by atoms with Crippen LogP contribution in [0.25, 0.3) is 0 Å². The molecule has 1 saturated heterocycles. The van der Waals surface area contributed by atoms with E-state index in [1.54, 1.807) is 7.11 Å². The zero-order chi connectivity index (χ0) is 17.9. The van der Waals surface area contributed by atoms with Crippen molar-refractivity contribution < 1.29 is 9.53 Å². The minimum Gasteiger partial charge on any atom is -0.497 e. The van der Waals surface area contributed by atoms with Crippen molar-refractivity contribution >= 4 is 5.91 Å². The second kappa shape index (κ2) is 7.75. The summed E-state index contributed by atoms with van der Waals surface area (Å²) in [5, 5.41) is 3.10. The Labute approximate surface area is 150 Å². The summed E-state index contributed by atoms with van der Waals surface area (Å²) in [4.78, 5) is 14.7. The van der Waals surface area contributed by atoms with E-state index in [-0.39, 0.29) is 5.91 Å². The molecule has 1 amide bonds. The number of aryl methyl sites for hydroxylation is 1. The number of hydrogen-bond donors (Lipinski definition) is 2. The van der Waals surface area contributed by atoms with Gasteiger partial charge < -0.3 is 15.8 Å². The molecule has 2 fully saturated rings. The van der Waals surface area contributed by atoms with Crippen LogP contribution in [0.5, 0.6) is 5.75 Å². The lowest BCUT2D eigenvalue weighted by Gasteiger charge is -2.37. The van der Waals surface area contributed by atoms with Gasteiger partial charge in [0.25, 0.3) is 0 Å². The number of nitrogens with two attached hydrogens (primary N) is 1.